The average Bonchev–Trinajstić information content (AvgIpc) is 2.89. The van der Waals surface area contributed by atoms with E-state index in [0.29, 0.717) is 5.02 Å². The van der Waals surface area contributed by atoms with Crippen LogP contribution in [0.2, 0.25) is 5.02 Å². The molecule has 0 atom stereocenters. The van der Waals surface area contributed by atoms with Gasteiger partial charge in [0, 0.05) is 41.6 Å². The number of amides is 2. The lowest BCUT2D eigenvalue weighted by Gasteiger charge is -2.19. The number of nitrogens with one attached hydrogen (secondary N) is 1. The summed E-state index contributed by atoms with van der Waals surface area (Å²) in [5.74, 6) is 0. The summed E-state index contributed by atoms with van der Waals surface area (Å²) in [5, 5.41) is 9.19. The molecule has 2 aromatic carbocycles. The number of halogens is 1. The van der Waals surface area contributed by atoms with E-state index in [1.54, 1.807) is 18.0 Å². The normalized spacial score (nSPS) is 10.9. The summed E-state index contributed by atoms with van der Waals surface area (Å²) in [4.78, 5) is 14.2. The average molecular weight is 357 g/mol. The van der Waals surface area contributed by atoms with Crippen molar-refractivity contribution in [3.63, 3.8) is 0 Å². The van der Waals surface area contributed by atoms with Crippen LogP contribution in [0.25, 0.3) is 10.9 Å². The van der Waals surface area contributed by atoms with E-state index in [4.69, 9.17) is 11.6 Å². The minimum atomic E-state index is -0.205. The number of aromatic nitrogens is 2. The number of rotatable bonds is 3. The van der Waals surface area contributed by atoms with E-state index in [1.165, 1.54) is 0 Å². The van der Waals surface area contributed by atoms with Crippen LogP contribution < -0.4 is 10.2 Å². The molecule has 0 aliphatic carbocycles. The fraction of sp³-hybridized carbons (Fsp3) is 0.263. The molecule has 0 bridgehead atoms. The maximum absolute atomic E-state index is 12.6. The lowest BCUT2D eigenvalue weighted by atomic mass is 10.1. The summed E-state index contributed by atoms with van der Waals surface area (Å²) in [6.07, 6.45) is 0.791. The monoisotopic (exact) mass is 356 g/mol. The smallest absolute Gasteiger partial charge is 0.307 e. The van der Waals surface area contributed by atoms with E-state index in [-0.39, 0.29) is 6.03 Å². The van der Waals surface area contributed by atoms with Gasteiger partial charge in [-0.05, 0) is 55.3 Å². The van der Waals surface area contributed by atoms with Crippen molar-refractivity contribution in [3.05, 3.63) is 52.7 Å². The zero-order valence-corrected chi connectivity index (χ0v) is 15.6. The molecule has 0 saturated carbocycles. The Morgan fingerprint density at radius 3 is 2.76 bits per heavy atom. The zero-order valence-electron chi connectivity index (χ0n) is 14.8. The summed E-state index contributed by atoms with van der Waals surface area (Å²) >= 11 is 6.03. The molecule has 1 aromatic heterocycles. The quantitative estimate of drug-likeness (QED) is 0.735. The molecule has 3 aromatic rings. The molecule has 0 saturated heterocycles. The van der Waals surface area contributed by atoms with Crippen LogP contribution in [0.5, 0.6) is 0 Å². The topological polar surface area (TPSA) is 50.2 Å². The molecule has 2 amide bonds. The van der Waals surface area contributed by atoms with Crippen LogP contribution in [0.3, 0.4) is 0 Å². The second-order valence-electron chi connectivity index (χ2n) is 6.05. The summed E-state index contributed by atoms with van der Waals surface area (Å²) in [6, 6.07) is 11.1. The van der Waals surface area contributed by atoms with Crippen LogP contribution in [-0.2, 0) is 13.5 Å². The molecular formula is C19H21ClN4O. The van der Waals surface area contributed by atoms with Crippen molar-refractivity contribution in [2.75, 3.05) is 17.3 Å². The highest BCUT2D eigenvalue weighted by atomic mass is 35.5. The third-order valence-corrected chi connectivity index (χ3v) is 4.73. The molecule has 0 unspecified atom stereocenters. The molecule has 3 rings (SSSR count). The van der Waals surface area contributed by atoms with Crippen LogP contribution in [0, 0.1) is 6.92 Å². The third kappa shape index (κ3) is 3.33. The van der Waals surface area contributed by atoms with Gasteiger partial charge in [-0.25, -0.2) is 4.79 Å². The molecule has 1 heterocycles. The Labute approximate surface area is 152 Å². The number of hydrogen-bond donors (Lipinski definition) is 1. The number of hydrogen-bond acceptors (Lipinski definition) is 2. The number of anilines is 2. The largest absolute Gasteiger partial charge is 0.326 e. The van der Waals surface area contributed by atoms with E-state index in [1.807, 2.05) is 55.9 Å². The second-order valence-corrected chi connectivity index (χ2v) is 6.49. The Morgan fingerprint density at radius 2 is 2.04 bits per heavy atom. The number of carbonyl (C=O) groups is 1. The lowest BCUT2D eigenvalue weighted by molar-refractivity contribution is 0.258. The Hall–Kier alpha value is -2.53. The standard InChI is InChI=1S/C19H21ClN4O/c1-5-13-10-14(20)6-9-17(13)21-19(25)23(3)15-7-8-16-12(2)24(4)22-18(16)11-15/h6-11H,5H2,1-4H3,(H,21,25). The molecule has 1 N–H and O–H groups in total. The van der Waals surface area contributed by atoms with Gasteiger partial charge in [0.15, 0.2) is 0 Å². The number of nitrogens with zero attached hydrogens (tertiary/aromatic N) is 3. The van der Waals surface area contributed by atoms with Crippen LogP contribution in [-0.4, -0.2) is 22.9 Å². The highest BCUT2D eigenvalue weighted by Gasteiger charge is 2.15. The van der Waals surface area contributed by atoms with Crippen molar-refractivity contribution >= 4 is 39.9 Å². The highest BCUT2D eigenvalue weighted by molar-refractivity contribution is 6.30. The van der Waals surface area contributed by atoms with Crippen molar-refractivity contribution < 1.29 is 4.79 Å². The third-order valence-electron chi connectivity index (χ3n) is 4.50. The van der Waals surface area contributed by atoms with Gasteiger partial charge < -0.3 is 5.32 Å². The van der Waals surface area contributed by atoms with E-state index >= 15 is 0 Å². The number of aryl methyl sites for hydroxylation is 3. The Balaban J connectivity index is 1.85. The summed E-state index contributed by atoms with van der Waals surface area (Å²) in [7, 11) is 3.66. The summed E-state index contributed by atoms with van der Waals surface area (Å²) in [6.45, 7) is 4.06. The SMILES string of the molecule is CCc1cc(Cl)ccc1NC(=O)N(C)c1ccc2c(C)n(C)nc2c1. The van der Waals surface area contributed by atoms with Gasteiger partial charge in [-0.15, -0.1) is 0 Å². The first-order valence-electron chi connectivity index (χ1n) is 8.17. The number of urea groups is 1. The van der Waals surface area contributed by atoms with Gasteiger partial charge in [0.2, 0.25) is 0 Å². The predicted molar refractivity (Wildman–Crippen MR) is 104 cm³/mol. The lowest BCUT2D eigenvalue weighted by Crippen LogP contribution is -2.31. The molecule has 0 aliphatic heterocycles. The highest BCUT2D eigenvalue weighted by Crippen LogP contribution is 2.25. The minimum Gasteiger partial charge on any atom is -0.307 e. The van der Waals surface area contributed by atoms with Gasteiger partial charge in [-0.3, -0.25) is 9.58 Å². The van der Waals surface area contributed by atoms with Crippen LogP contribution in [0.1, 0.15) is 18.2 Å². The van der Waals surface area contributed by atoms with Crippen molar-refractivity contribution in [2.45, 2.75) is 20.3 Å². The van der Waals surface area contributed by atoms with Gasteiger partial charge in [0.1, 0.15) is 0 Å². The van der Waals surface area contributed by atoms with Gasteiger partial charge in [0.05, 0.1) is 5.52 Å². The molecule has 0 aliphatic rings. The van der Waals surface area contributed by atoms with Crippen LogP contribution in [0.4, 0.5) is 16.2 Å². The van der Waals surface area contributed by atoms with Gasteiger partial charge in [-0.1, -0.05) is 18.5 Å². The molecule has 0 spiro atoms. The maximum Gasteiger partial charge on any atom is 0.326 e. The second kappa shape index (κ2) is 6.76. The zero-order chi connectivity index (χ0) is 18.1. The van der Waals surface area contributed by atoms with Crippen molar-refractivity contribution in [1.29, 1.82) is 0 Å². The van der Waals surface area contributed by atoms with Gasteiger partial charge in [0.25, 0.3) is 0 Å². The van der Waals surface area contributed by atoms with Crippen LogP contribution in [0.15, 0.2) is 36.4 Å². The fourth-order valence-corrected chi connectivity index (χ4v) is 3.02. The number of fused-ring (bicyclic) bond motifs is 1. The first kappa shape index (κ1) is 17.3. The van der Waals surface area contributed by atoms with Crippen molar-refractivity contribution in [3.8, 4) is 0 Å². The van der Waals surface area contributed by atoms with Crippen molar-refractivity contribution in [2.24, 2.45) is 7.05 Å². The van der Waals surface area contributed by atoms with E-state index < -0.39 is 0 Å². The number of carbonyl (C=O) groups excluding carboxylic acids is 1. The first-order valence-corrected chi connectivity index (χ1v) is 8.55. The predicted octanol–water partition coefficient (Wildman–Crippen LogP) is 4.77. The van der Waals surface area contributed by atoms with Crippen molar-refractivity contribution in [1.82, 2.24) is 9.78 Å². The number of benzene rings is 2. The van der Waals surface area contributed by atoms with Gasteiger partial charge in [-0.2, -0.15) is 5.10 Å². The van der Waals surface area contributed by atoms with E-state index in [2.05, 4.69) is 10.4 Å². The molecule has 5 nitrogen and oxygen atoms in total. The summed E-state index contributed by atoms with van der Waals surface area (Å²) < 4.78 is 1.84. The van der Waals surface area contributed by atoms with E-state index in [0.717, 1.165) is 40.0 Å². The molecule has 25 heavy (non-hydrogen) atoms. The Morgan fingerprint density at radius 1 is 1.28 bits per heavy atom. The molecule has 0 radical (unpaired) electrons. The van der Waals surface area contributed by atoms with Crippen LogP contribution >= 0.6 is 11.6 Å². The molecular weight excluding hydrogens is 336 g/mol. The molecule has 130 valence electrons. The Kier molecular flexibility index (Phi) is 4.68. The summed E-state index contributed by atoms with van der Waals surface area (Å²) in [5.41, 5.74) is 4.54. The van der Waals surface area contributed by atoms with Gasteiger partial charge >= 0.3 is 6.03 Å². The maximum atomic E-state index is 12.6. The first-order chi connectivity index (χ1) is 11.9. The minimum absolute atomic E-state index is 0.205. The molecule has 0 fully saturated rings. The Bertz CT molecular complexity index is 948. The van der Waals surface area contributed by atoms with E-state index in [9.17, 15) is 4.79 Å². The molecule has 6 heteroatoms. The fourth-order valence-electron chi connectivity index (χ4n) is 2.82.